The summed E-state index contributed by atoms with van der Waals surface area (Å²) < 4.78 is 45.0. The van der Waals surface area contributed by atoms with Crippen molar-refractivity contribution in [2.24, 2.45) is 0 Å². The van der Waals surface area contributed by atoms with E-state index in [4.69, 9.17) is 9.47 Å². The monoisotopic (exact) mass is 369 g/mol. The van der Waals surface area contributed by atoms with Crippen molar-refractivity contribution in [2.75, 3.05) is 13.2 Å². The number of unbranched alkanes of at least 4 members (excludes halogenated alkanes) is 1. The molecule has 0 N–H and O–H groups in total. The lowest BCUT2D eigenvalue weighted by Crippen LogP contribution is -2.03. The summed E-state index contributed by atoms with van der Waals surface area (Å²) in [6.07, 6.45) is 1.33. The molecule has 0 unspecified atom stereocenters. The van der Waals surface area contributed by atoms with Gasteiger partial charge in [-0.1, -0.05) is 6.07 Å². The van der Waals surface area contributed by atoms with E-state index in [0.717, 1.165) is 12.1 Å². The fourth-order valence-corrected chi connectivity index (χ4v) is 2.43. The molecule has 0 aliphatic carbocycles. The molecule has 2 aromatic carbocycles. The van der Waals surface area contributed by atoms with E-state index in [2.05, 4.69) is 0 Å². The summed E-state index contributed by atoms with van der Waals surface area (Å²) in [7, 11) is -4.70. The molecule has 0 aliphatic rings. The number of halogens is 1. The zero-order chi connectivity index (χ0) is 18.3. The molecule has 0 aliphatic heterocycles. The van der Waals surface area contributed by atoms with E-state index in [1.807, 2.05) is 0 Å². The molecule has 0 aromatic heterocycles. The van der Waals surface area contributed by atoms with Crippen LogP contribution < -0.4 is 9.47 Å². The second-order valence-electron chi connectivity index (χ2n) is 5.07. The first kappa shape index (κ1) is 18.7. The van der Waals surface area contributed by atoms with Crippen molar-refractivity contribution in [2.45, 2.75) is 17.7 Å². The molecule has 25 heavy (non-hydrogen) atoms. The van der Waals surface area contributed by atoms with E-state index in [-0.39, 0.29) is 5.69 Å². The van der Waals surface area contributed by atoms with E-state index in [0.29, 0.717) is 37.6 Å². The Labute approximate surface area is 144 Å². The van der Waals surface area contributed by atoms with Gasteiger partial charge in [0.05, 0.1) is 29.1 Å². The Balaban J connectivity index is 1.68. The average Bonchev–Trinajstić information content (AvgIpc) is 2.58. The lowest BCUT2D eigenvalue weighted by molar-refractivity contribution is -0.384. The minimum atomic E-state index is -4.70. The number of nitrogens with zero attached hydrogens (tertiary/aromatic N) is 1. The molecule has 0 bridgehead atoms. The lowest BCUT2D eigenvalue weighted by atomic mass is 10.3. The Kier molecular flexibility index (Phi) is 6.29. The summed E-state index contributed by atoms with van der Waals surface area (Å²) in [4.78, 5) is 9.76. The van der Waals surface area contributed by atoms with Crippen LogP contribution in [0, 0.1) is 10.1 Å². The van der Waals surface area contributed by atoms with Gasteiger partial charge < -0.3 is 9.47 Å². The summed E-state index contributed by atoms with van der Waals surface area (Å²) in [6.45, 7) is 0.754. The first-order chi connectivity index (χ1) is 11.9. The van der Waals surface area contributed by atoms with Crippen LogP contribution in [0.25, 0.3) is 0 Å². The first-order valence-corrected chi connectivity index (χ1v) is 8.79. The Morgan fingerprint density at radius 2 is 1.56 bits per heavy atom. The number of rotatable bonds is 9. The molecule has 2 aromatic rings. The van der Waals surface area contributed by atoms with Gasteiger partial charge in [0.25, 0.3) is 5.69 Å². The molecule has 0 atom stereocenters. The number of ether oxygens (including phenoxy) is 2. The zero-order valence-corrected chi connectivity index (χ0v) is 13.9. The molecular formula is C16H16FNO6S. The predicted octanol–water partition coefficient (Wildman–Crippen LogP) is 3.49. The minimum absolute atomic E-state index is 0.0282. The molecule has 9 heteroatoms. The fraction of sp³-hybridized carbons (Fsp3) is 0.250. The van der Waals surface area contributed by atoms with Crippen LogP contribution in [0.5, 0.6) is 11.5 Å². The second-order valence-corrected chi connectivity index (χ2v) is 6.41. The van der Waals surface area contributed by atoms with Gasteiger partial charge in [0.1, 0.15) is 11.5 Å². The maximum Gasteiger partial charge on any atom is 0.332 e. The number of non-ortho nitro benzene ring substituents is 1. The SMILES string of the molecule is O=[N+]([O-])c1cccc(OCCCCOc2ccc(S(=O)(=O)F)cc2)c1. The van der Waals surface area contributed by atoms with Crippen LogP contribution in [0.2, 0.25) is 0 Å². The van der Waals surface area contributed by atoms with Crippen molar-refractivity contribution >= 4 is 15.9 Å². The van der Waals surface area contributed by atoms with Crippen LogP contribution in [0.15, 0.2) is 53.4 Å². The van der Waals surface area contributed by atoms with Crippen LogP contribution in [0.1, 0.15) is 12.8 Å². The number of nitro groups is 1. The molecule has 0 heterocycles. The Morgan fingerprint density at radius 1 is 0.960 bits per heavy atom. The average molecular weight is 369 g/mol. The molecule has 0 amide bonds. The van der Waals surface area contributed by atoms with Crippen molar-refractivity contribution in [1.82, 2.24) is 0 Å². The first-order valence-electron chi connectivity index (χ1n) is 7.41. The van der Waals surface area contributed by atoms with E-state index >= 15 is 0 Å². The third kappa shape index (κ3) is 6.03. The Hall–Kier alpha value is -2.68. The van der Waals surface area contributed by atoms with Crippen molar-refractivity contribution in [3.8, 4) is 11.5 Å². The lowest BCUT2D eigenvalue weighted by Gasteiger charge is -2.08. The maximum atomic E-state index is 12.7. The topological polar surface area (TPSA) is 95.7 Å². The van der Waals surface area contributed by atoms with Crippen LogP contribution in [0.3, 0.4) is 0 Å². The van der Waals surface area contributed by atoms with Gasteiger partial charge in [0.2, 0.25) is 0 Å². The molecule has 0 radical (unpaired) electrons. The normalized spacial score (nSPS) is 11.1. The van der Waals surface area contributed by atoms with Crippen molar-refractivity contribution in [1.29, 1.82) is 0 Å². The zero-order valence-electron chi connectivity index (χ0n) is 13.1. The van der Waals surface area contributed by atoms with E-state index in [1.54, 1.807) is 12.1 Å². The van der Waals surface area contributed by atoms with E-state index in [1.165, 1.54) is 24.3 Å². The molecule has 0 spiro atoms. The van der Waals surface area contributed by atoms with Crippen LogP contribution in [-0.2, 0) is 10.2 Å². The van der Waals surface area contributed by atoms with Gasteiger partial charge in [-0.25, -0.2) is 0 Å². The highest BCUT2D eigenvalue weighted by molar-refractivity contribution is 7.86. The van der Waals surface area contributed by atoms with Gasteiger partial charge in [0.15, 0.2) is 0 Å². The van der Waals surface area contributed by atoms with Crippen molar-refractivity contribution < 1.29 is 26.7 Å². The largest absolute Gasteiger partial charge is 0.494 e. The van der Waals surface area contributed by atoms with Gasteiger partial charge >= 0.3 is 10.2 Å². The van der Waals surface area contributed by atoms with Crippen molar-refractivity contribution in [3.63, 3.8) is 0 Å². The minimum Gasteiger partial charge on any atom is -0.494 e. The predicted molar refractivity (Wildman–Crippen MR) is 88.1 cm³/mol. The van der Waals surface area contributed by atoms with Crippen LogP contribution >= 0.6 is 0 Å². The molecule has 134 valence electrons. The highest BCUT2D eigenvalue weighted by atomic mass is 32.3. The maximum absolute atomic E-state index is 12.7. The van der Waals surface area contributed by atoms with Crippen LogP contribution in [0.4, 0.5) is 9.57 Å². The third-order valence-electron chi connectivity index (χ3n) is 3.21. The molecule has 0 fully saturated rings. The smallest absolute Gasteiger partial charge is 0.332 e. The van der Waals surface area contributed by atoms with Gasteiger partial charge in [-0.2, -0.15) is 8.42 Å². The number of nitro benzene ring substituents is 1. The number of benzene rings is 2. The fourth-order valence-electron chi connectivity index (χ4n) is 1.97. The van der Waals surface area contributed by atoms with Gasteiger partial charge in [-0.05, 0) is 43.2 Å². The van der Waals surface area contributed by atoms with Gasteiger partial charge in [-0.15, -0.1) is 3.89 Å². The number of hydrogen-bond donors (Lipinski definition) is 0. The molecular weight excluding hydrogens is 353 g/mol. The number of hydrogen-bond acceptors (Lipinski definition) is 6. The standard InChI is InChI=1S/C16H16FNO6S/c17-25(21,22)16-8-6-14(7-9-16)23-10-1-2-11-24-15-5-3-4-13(12-15)18(19)20/h3-9,12H,1-2,10-11H2. The molecule has 0 saturated carbocycles. The quantitative estimate of drug-likeness (QED) is 0.291. The summed E-state index contributed by atoms with van der Waals surface area (Å²) in [5.74, 6) is 0.866. The summed E-state index contributed by atoms with van der Waals surface area (Å²) in [5.41, 5.74) is -0.0282. The Bertz CT molecular complexity index is 823. The van der Waals surface area contributed by atoms with E-state index in [9.17, 15) is 22.4 Å². The summed E-state index contributed by atoms with van der Waals surface area (Å²) in [6, 6.07) is 11.0. The molecule has 7 nitrogen and oxygen atoms in total. The summed E-state index contributed by atoms with van der Waals surface area (Å²) >= 11 is 0. The third-order valence-corrected chi connectivity index (χ3v) is 4.05. The molecule has 0 saturated heterocycles. The summed E-state index contributed by atoms with van der Waals surface area (Å²) in [5, 5.41) is 10.7. The molecule has 2 rings (SSSR count). The Morgan fingerprint density at radius 3 is 2.12 bits per heavy atom. The highest BCUT2D eigenvalue weighted by Crippen LogP contribution is 2.20. The van der Waals surface area contributed by atoms with Crippen molar-refractivity contribution in [3.05, 3.63) is 58.6 Å². The second kappa shape index (κ2) is 8.43. The van der Waals surface area contributed by atoms with Gasteiger partial charge in [-0.3, -0.25) is 10.1 Å². The van der Waals surface area contributed by atoms with Gasteiger partial charge in [0, 0.05) is 6.07 Å². The van der Waals surface area contributed by atoms with E-state index < -0.39 is 20.0 Å². The van der Waals surface area contributed by atoms with Crippen LogP contribution in [-0.4, -0.2) is 26.6 Å². The highest BCUT2D eigenvalue weighted by Gasteiger charge is 2.11.